The molecule has 1 aromatic rings. The Balaban J connectivity index is 2.05. The van der Waals surface area contributed by atoms with Gasteiger partial charge >= 0.3 is 0 Å². The van der Waals surface area contributed by atoms with Crippen LogP contribution in [-0.2, 0) is 6.42 Å². The molecule has 0 saturated heterocycles. The van der Waals surface area contributed by atoms with Crippen LogP contribution in [0.1, 0.15) is 39.2 Å². The standard InChI is InChI=1S/C16H23F2N/c1-4-7-19-15(12-10-16(12,2)3)9-11-5-6-13(17)14(18)8-11/h5-6,8,12,15,19H,4,7,9-10H2,1-3H3. The lowest BCUT2D eigenvalue weighted by atomic mass is 9.97. The third-order valence-electron chi connectivity index (χ3n) is 4.17. The zero-order valence-electron chi connectivity index (χ0n) is 12.0. The van der Waals surface area contributed by atoms with Crippen LogP contribution >= 0.6 is 0 Å². The van der Waals surface area contributed by atoms with E-state index in [9.17, 15) is 8.78 Å². The van der Waals surface area contributed by atoms with E-state index in [0.29, 0.717) is 17.4 Å². The van der Waals surface area contributed by atoms with E-state index in [1.54, 1.807) is 6.07 Å². The van der Waals surface area contributed by atoms with Crippen molar-refractivity contribution in [1.82, 2.24) is 5.32 Å². The summed E-state index contributed by atoms with van der Waals surface area (Å²) in [5.74, 6) is -0.887. The highest BCUT2D eigenvalue weighted by atomic mass is 19.2. The van der Waals surface area contributed by atoms with Crippen LogP contribution in [0, 0.1) is 23.0 Å². The normalized spacial score (nSPS) is 22.3. The van der Waals surface area contributed by atoms with Crippen molar-refractivity contribution in [3.05, 3.63) is 35.4 Å². The van der Waals surface area contributed by atoms with E-state index in [2.05, 4.69) is 26.1 Å². The highest BCUT2D eigenvalue weighted by Gasteiger charge is 2.49. The van der Waals surface area contributed by atoms with E-state index in [1.807, 2.05) is 0 Å². The van der Waals surface area contributed by atoms with Gasteiger partial charge in [-0.05, 0) is 54.8 Å². The highest BCUT2D eigenvalue weighted by Crippen LogP contribution is 2.54. The average Bonchev–Trinajstić information content (AvgIpc) is 2.98. The molecular formula is C16H23F2N. The second-order valence-corrected chi connectivity index (χ2v) is 6.31. The van der Waals surface area contributed by atoms with Gasteiger partial charge in [0.1, 0.15) is 0 Å². The summed E-state index contributed by atoms with van der Waals surface area (Å²) < 4.78 is 26.2. The van der Waals surface area contributed by atoms with Gasteiger partial charge in [0.15, 0.2) is 11.6 Å². The van der Waals surface area contributed by atoms with Crippen LogP contribution in [0.4, 0.5) is 8.78 Å². The molecule has 1 aliphatic carbocycles. The van der Waals surface area contributed by atoms with Crippen molar-refractivity contribution >= 4 is 0 Å². The Kier molecular flexibility index (Phi) is 4.24. The van der Waals surface area contributed by atoms with Gasteiger partial charge in [-0.3, -0.25) is 0 Å². The SMILES string of the molecule is CCCNC(Cc1ccc(F)c(F)c1)C1CC1(C)C. The van der Waals surface area contributed by atoms with Crippen molar-refractivity contribution in [2.45, 2.75) is 46.1 Å². The Labute approximate surface area is 114 Å². The summed E-state index contributed by atoms with van der Waals surface area (Å²) in [4.78, 5) is 0. The van der Waals surface area contributed by atoms with Crippen LogP contribution in [0.15, 0.2) is 18.2 Å². The monoisotopic (exact) mass is 267 g/mol. The summed E-state index contributed by atoms with van der Waals surface area (Å²) >= 11 is 0. The highest BCUT2D eigenvalue weighted by molar-refractivity contribution is 5.20. The number of hydrogen-bond acceptors (Lipinski definition) is 1. The lowest BCUT2D eigenvalue weighted by molar-refractivity contribution is 0.401. The van der Waals surface area contributed by atoms with Crippen LogP contribution in [-0.4, -0.2) is 12.6 Å². The van der Waals surface area contributed by atoms with Crippen molar-refractivity contribution < 1.29 is 8.78 Å². The molecule has 1 nitrogen and oxygen atoms in total. The molecular weight excluding hydrogens is 244 g/mol. The Morgan fingerprint density at radius 3 is 2.53 bits per heavy atom. The second kappa shape index (κ2) is 5.58. The van der Waals surface area contributed by atoms with E-state index in [-0.39, 0.29) is 0 Å². The lowest BCUT2D eigenvalue weighted by Gasteiger charge is -2.20. The van der Waals surface area contributed by atoms with Gasteiger partial charge in [0.05, 0.1) is 0 Å². The van der Waals surface area contributed by atoms with E-state index < -0.39 is 11.6 Å². The van der Waals surface area contributed by atoms with Gasteiger partial charge in [-0.25, -0.2) is 8.78 Å². The summed E-state index contributed by atoms with van der Waals surface area (Å²) in [6.45, 7) is 7.65. The Morgan fingerprint density at radius 1 is 1.32 bits per heavy atom. The van der Waals surface area contributed by atoms with Crippen LogP contribution in [0.25, 0.3) is 0 Å². The molecule has 0 radical (unpaired) electrons. The number of halogens is 2. The Hall–Kier alpha value is -0.960. The summed E-state index contributed by atoms with van der Waals surface area (Å²) in [6, 6.07) is 4.60. The molecule has 1 aliphatic rings. The zero-order valence-corrected chi connectivity index (χ0v) is 12.0. The molecule has 106 valence electrons. The fourth-order valence-corrected chi connectivity index (χ4v) is 2.80. The first-order valence-corrected chi connectivity index (χ1v) is 7.11. The van der Waals surface area contributed by atoms with Gasteiger partial charge < -0.3 is 5.32 Å². The van der Waals surface area contributed by atoms with Gasteiger partial charge in [-0.1, -0.05) is 26.8 Å². The van der Waals surface area contributed by atoms with Crippen molar-refractivity contribution in [3.63, 3.8) is 0 Å². The van der Waals surface area contributed by atoms with E-state index >= 15 is 0 Å². The minimum Gasteiger partial charge on any atom is -0.313 e. The van der Waals surface area contributed by atoms with Gasteiger partial charge in [-0.2, -0.15) is 0 Å². The maximum Gasteiger partial charge on any atom is 0.159 e. The third-order valence-corrected chi connectivity index (χ3v) is 4.17. The fraction of sp³-hybridized carbons (Fsp3) is 0.625. The molecule has 1 fully saturated rings. The maximum atomic E-state index is 13.3. The molecule has 19 heavy (non-hydrogen) atoms. The van der Waals surface area contributed by atoms with Crippen LogP contribution in [0.5, 0.6) is 0 Å². The molecule has 1 aromatic carbocycles. The first-order chi connectivity index (χ1) is 8.94. The number of rotatable bonds is 6. The minimum atomic E-state index is -0.770. The van der Waals surface area contributed by atoms with Gasteiger partial charge in [0, 0.05) is 6.04 Å². The Bertz CT molecular complexity index is 442. The molecule has 1 saturated carbocycles. The molecule has 3 heteroatoms. The first kappa shape index (κ1) is 14.4. The molecule has 0 aliphatic heterocycles. The predicted molar refractivity (Wildman–Crippen MR) is 74.0 cm³/mol. The molecule has 0 amide bonds. The van der Waals surface area contributed by atoms with E-state index in [1.165, 1.54) is 18.6 Å². The molecule has 0 aromatic heterocycles. The summed E-state index contributed by atoms with van der Waals surface area (Å²) in [5, 5.41) is 3.55. The predicted octanol–water partition coefficient (Wildman–Crippen LogP) is 3.92. The van der Waals surface area contributed by atoms with E-state index in [0.717, 1.165) is 24.9 Å². The smallest absolute Gasteiger partial charge is 0.159 e. The zero-order chi connectivity index (χ0) is 14.0. The Morgan fingerprint density at radius 2 is 2.00 bits per heavy atom. The van der Waals surface area contributed by atoms with Gasteiger partial charge in [-0.15, -0.1) is 0 Å². The van der Waals surface area contributed by atoms with Crippen LogP contribution in [0.2, 0.25) is 0 Å². The summed E-state index contributed by atoms with van der Waals surface area (Å²) in [5.41, 5.74) is 1.25. The van der Waals surface area contributed by atoms with Crippen LogP contribution < -0.4 is 5.32 Å². The topological polar surface area (TPSA) is 12.0 Å². The van der Waals surface area contributed by atoms with Crippen LogP contribution in [0.3, 0.4) is 0 Å². The average molecular weight is 267 g/mol. The molecule has 1 N–H and O–H groups in total. The number of nitrogens with one attached hydrogen (secondary N) is 1. The van der Waals surface area contributed by atoms with Crippen molar-refractivity contribution in [2.75, 3.05) is 6.54 Å². The van der Waals surface area contributed by atoms with Crippen molar-refractivity contribution in [3.8, 4) is 0 Å². The minimum absolute atomic E-state index is 0.361. The fourth-order valence-electron chi connectivity index (χ4n) is 2.80. The van der Waals surface area contributed by atoms with Crippen molar-refractivity contribution in [2.24, 2.45) is 11.3 Å². The molecule has 0 bridgehead atoms. The first-order valence-electron chi connectivity index (χ1n) is 7.11. The van der Waals surface area contributed by atoms with E-state index in [4.69, 9.17) is 0 Å². The van der Waals surface area contributed by atoms with Gasteiger partial charge in [0.25, 0.3) is 0 Å². The molecule has 2 rings (SSSR count). The molecule has 2 unspecified atom stereocenters. The molecule has 0 spiro atoms. The lowest BCUT2D eigenvalue weighted by Crippen LogP contribution is -2.35. The summed E-state index contributed by atoms with van der Waals surface area (Å²) in [6.07, 6.45) is 3.06. The third kappa shape index (κ3) is 3.53. The largest absolute Gasteiger partial charge is 0.313 e. The maximum absolute atomic E-state index is 13.3. The van der Waals surface area contributed by atoms with Gasteiger partial charge in [0.2, 0.25) is 0 Å². The second-order valence-electron chi connectivity index (χ2n) is 6.31. The molecule has 0 heterocycles. The summed E-state index contributed by atoms with van der Waals surface area (Å²) in [7, 11) is 0. The number of benzene rings is 1. The van der Waals surface area contributed by atoms with Crippen molar-refractivity contribution in [1.29, 1.82) is 0 Å². The molecule has 2 atom stereocenters. The number of hydrogen-bond donors (Lipinski definition) is 1. The quantitative estimate of drug-likeness (QED) is 0.823.